The van der Waals surface area contributed by atoms with Crippen LogP contribution in [0.2, 0.25) is 0 Å². The fourth-order valence-corrected chi connectivity index (χ4v) is 2.98. The lowest BCUT2D eigenvalue weighted by molar-refractivity contribution is 0.128. The molecule has 0 amide bonds. The third-order valence-corrected chi connectivity index (χ3v) is 4.18. The molecule has 2 aromatic rings. The number of aliphatic hydroxyl groups is 1. The molecule has 0 fully saturated rings. The predicted molar refractivity (Wildman–Crippen MR) is 103 cm³/mol. The first-order valence-corrected chi connectivity index (χ1v) is 8.44. The van der Waals surface area contributed by atoms with E-state index in [9.17, 15) is 5.11 Å². The highest BCUT2D eigenvalue weighted by atomic mass is 16.5. The number of rotatable bonds is 5. The van der Waals surface area contributed by atoms with E-state index in [1.807, 2.05) is 81.4 Å². The zero-order valence-electron chi connectivity index (χ0n) is 14.9. The topological polar surface area (TPSA) is 41.8 Å². The van der Waals surface area contributed by atoms with Gasteiger partial charge >= 0.3 is 0 Å². The van der Waals surface area contributed by atoms with E-state index >= 15 is 0 Å². The molecule has 1 aliphatic rings. The molecule has 0 aromatic heterocycles. The maximum Gasteiger partial charge on any atom is 0.160 e. The van der Waals surface area contributed by atoms with Crippen LogP contribution >= 0.6 is 0 Å². The molecule has 128 valence electrons. The average molecular weight is 333 g/mol. The standard InChI is InChI=1S/C22H23NO2/c1-15(2)22(24)19(17-11-7-5-8-12-17)20(25-16(3)4)21(22)23-18-13-9-6-10-14-18/h5-14,16,24H,1H2,2-4H3. The van der Waals surface area contributed by atoms with Gasteiger partial charge in [0.25, 0.3) is 0 Å². The first-order chi connectivity index (χ1) is 11.9. The van der Waals surface area contributed by atoms with Crippen molar-refractivity contribution in [2.45, 2.75) is 32.5 Å². The maximum absolute atomic E-state index is 11.4. The van der Waals surface area contributed by atoms with Gasteiger partial charge in [0.05, 0.1) is 11.8 Å². The predicted octanol–water partition coefficient (Wildman–Crippen LogP) is 4.92. The molecule has 0 saturated heterocycles. The van der Waals surface area contributed by atoms with Crippen LogP contribution in [0, 0.1) is 0 Å². The Kier molecular flexibility index (Phi) is 4.60. The van der Waals surface area contributed by atoms with Gasteiger partial charge in [0.15, 0.2) is 11.4 Å². The molecule has 2 aromatic carbocycles. The molecule has 0 radical (unpaired) electrons. The minimum absolute atomic E-state index is 0.0237. The number of nitrogens with zero attached hydrogens (tertiary/aromatic N) is 1. The van der Waals surface area contributed by atoms with E-state index in [1.54, 1.807) is 0 Å². The minimum atomic E-state index is -1.32. The summed E-state index contributed by atoms with van der Waals surface area (Å²) in [6.45, 7) is 9.76. The third-order valence-electron chi connectivity index (χ3n) is 4.18. The number of hydrogen-bond acceptors (Lipinski definition) is 3. The lowest BCUT2D eigenvalue weighted by Crippen LogP contribution is -2.51. The van der Waals surface area contributed by atoms with Crippen molar-refractivity contribution in [2.24, 2.45) is 4.99 Å². The van der Waals surface area contributed by atoms with Gasteiger partial charge in [-0.3, -0.25) is 0 Å². The second kappa shape index (κ2) is 6.69. The summed E-state index contributed by atoms with van der Waals surface area (Å²) in [5.74, 6) is 0.635. The van der Waals surface area contributed by atoms with Crippen LogP contribution in [-0.4, -0.2) is 22.5 Å². The Morgan fingerprint density at radius 3 is 2.12 bits per heavy atom. The smallest absolute Gasteiger partial charge is 0.160 e. The summed E-state index contributed by atoms with van der Waals surface area (Å²) in [6, 6.07) is 19.3. The van der Waals surface area contributed by atoms with Crippen molar-refractivity contribution in [3.8, 4) is 0 Å². The quantitative estimate of drug-likeness (QED) is 0.789. The summed E-state index contributed by atoms with van der Waals surface area (Å²) < 4.78 is 6.03. The molecule has 0 aliphatic heterocycles. The van der Waals surface area contributed by atoms with Crippen LogP contribution in [0.1, 0.15) is 26.3 Å². The van der Waals surface area contributed by atoms with E-state index in [2.05, 4.69) is 11.6 Å². The van der Waals surface area contributed by atoms with E-state index in [-0.39, 0.29) is 6.10 Å². The van der Waals surface area contributed by atoms with Gasteiger partial charge in [-0.1, -0.05) is 55.1 Å². The molecule has 1 unspecified atom stereocenters. The van der Waals surface area contributed by atoms with Crippen molar-refractivity contribution in [1.29, 1.82) is 0 Å². The molecule has 3 nitrogen and oxygen atoms in total. The zero-order valence-corrected chi connectivity index (χ0v) is 14.9. The van der Waals surface area contributed by atoms with E-state index in [0.29, 0.717) is 17.0 Å². The lowest BCUT2D eigenvalue weighted by Gasteiger charge is -2.43. The van der Waals surface area contributed by atoms with Gasteiger partial charge in [-0.05, 0) is 44.0 Å². The fraction of sp³-hybridized carbons (Fsp3) is 0.227. The van der Waals surface area contributed by atoms with Crippen molar-refractivity contribution in [1.82, 2.24) is 0 Å². The van der Waals surface area contributed by atoms with Crippen LogP contribution in [0.3, 0.4) is 0 Å². The van der Waals surface area contributed by atoms with Crippen LogP contribution in [0.4, 0.5) is 5.69 Å². The molecule has 0 spiro atoms. The largest absolute Gasteiger partial charge is 0.488 e. The number of benzene rings is 2. The molecule has 3 heteroatoms. The fourth-order valence-electron chi connectivity index (χ4n) is 2.98. The normalized spacial score (nSPS) is 21.4. The van der Waals surface area contributed by atoms with Crippen molar-refractivity contribution < 1.29 is 9.84 Å². The first kappa shape index (κ1) is 17.2. The Morgan fingerprint density at radius 1 is 1.04 bits per heavy atom. The maximum atomic E-state index is 11.4. The number of para-hydroxylation sites is 1. The summed E-state index contributed by atoms with van der Waals surface area (Å²) in [5, 5.41) is 11.4. The van der Waals surface area contributed by atoms with Gasteiger partial charge in [-0.2, -0.15) is 0 Å². The van der Waals surface area contributed by atoms with Crippen molar-refractivity contribution in [2.75, 3.05) is 0 Å². The molecule has 1 atom stereocenters. The molecule has 0 saturated carbocycles. The summed E-state index contributed by atoms with van der Waals surface area (Å²) in [6.07, 6.45) is -0.0237. The van der Waals surface area contributed by atoms with Crippen LogP contribution in [0.25, 0.3) is 5.57 Å². The Hall–Kier alpha value is -2.65. The molecular weight excluding hydrogens is 310 g/mol. The van der Waals surface area contributed by atoms with Gasteiger partial charge in [0, 0.05) is 5.57 Å². The van der Waals surface area contributed by atoms with E-state index < -0.39 is 5.60 Å². The van der Waals surface area contributed by atoms with Crippen LogP contribution in [0.15, 0.2) is 83.6 Å². The molecule has 25 heavy (non-hydrogen) atoms. The highest BCUT2D eigenvalue weighted by molar-refractivity contribution is 6.28. The van der Waals surface area contributed by atoms with Gasteiger partial charge in [0.2, 0.25) is 0 Å². The molecule has 0 heterocycles. The number of aliphatic imine (C=N–C) groups is 1. The van der Waals surface area contributed by atoms with E-state index in [4.69, 9.17) is 4.74 Å². The zero-order chi connectivity index (χ0) is 18.0. The van der Waals surface area contributed by atoms with Gasteiger partial charge in [-0.25, -0.2) is 4.99 Å². The molecule has 3 rings (SSSR count). The second-order valence-electron chi connectivity index (χ2n) is 6.52. The molecule has 0 bridgehead atoms. The van der Waals surface area contributed by atoms with Gasteiger partial charge in [-0.15, -0.1) is 0 Å². The summed E-state index contributed by atoms with van der Waals surface area (Å²) >= 11 is 0. The summed E-state index contributed by atoms with van der Waals surface area (Å²) in [7, 11) is 0. The Morgan fingerprint density at radius 2 is 1.60 bits per heavy atom. The SMILES string of the molecule is C=C(C)C1(O)C(=Nc2ccccc2)C(OC(C)C)=C1c1ccccc1. The minimum Gasteiger partial charge on any atom is -0.488 e. The molecular formula is C22H23NO2. The van der Waals surface area contributed by atoms with Crippen molar-refractivity contribution in [3.05, 3.63) is 84.1 Å². The Balaban J connectivity index is 2.21. The Bertz CT molecular complexity index is 835. The van der Waals surface area contributed by atoms with Gasteiger partial charge < -0.3 is 9.84 Å². The van der Waals surface area contributed by atoms with E-state index in [0.717, 1.165) is 16.8 Å². The molecule has 1 aliphatic carbocycles. The van der Waals surface area contributed by atoms with Crippen LogP contribution in [0.5, 0.6) is 0 Å². The Labute approximate surface area is 149 Å². The second-order valence-corrected chi connectivity index (χ2v) is 6.52. The summed E-state index contributed by atoms with van der Waals surface area (Å²) in [4.78, 5) is 4.67. The monoisotopic (exact) mass is 333 g/mol. The van der Waals surface area contributed by atoms with Crippen molar-refractivity contribution >= 4 is 17.0 Å². The van der Waals surface area contributed by atoms with Crippen molar-refractivity contribution in [3.63, 3.8) is 0 Å². The third kappa shape index (κ3) is 3.03. The van der Waals surface area contributed by atoms with Crippen LogP contribution in [-0.2, 0) is 4.74 Å². The molecule has 1 N–H and O–H groups in total. The number of hydrogen-bond donors (Lipinski definition) is 1. The van der Waals surface area contributed by atoms with Crippen LogP contribution < -0.4 is 0 Å². The average Bonchev–Trinajstić information content (AvgIpc) is 2.60. The summed E-state index contributed by atoms with van der Waals surface area (Å²) in [5.41, 5.74) is 2.23. The van der Waals surface area contributed by atoms with E-state index in [1.165, 1.54) is 0 Å². The number of ether oxygens (including phenoxy) is 1. The first-order valence-electron chi connectivity index (χ1n) is 8.44. The lowest BCUT2D eigenvalue weighted by atomic mass is 9.69. The van der Waals surface area contributed by atoms with Gasteiger partial charge in [0.1, 0.15) is 5.71 Å². The highest BCUT2D eigenvalue weighted by Crippen LogP contribution is 2.48. The highest BCUT2D eigenvalue weighted by Gasteiger charge is 2.53.